The molecule has 1 amide bonds. The van der Waals surface area contributed by atoms with Gasteiger partial charge in [0, 0.05) is 13.6 Å². The molecular formula is C16H25NO. The molecular weight excluding hydrogens is 222 g/mol. The number of hydrogen-bond donors (Lipinski definition) is 0. The lowest BCUT2D eigenvalue weighted by molar-refractivity contribution is -0.125. The number of amides is 1. The van der Waals surface area contributed by atoms with Crippen molar-refractivity contribution in [1.82, 2.24) is 4.90 Å². The fraction of sp³-hybridized carbons (Fsp3) is 0.438. The molecule has 2 heteroatoms. The number of likely N-dealkylation sites (N-methyl/N-ethyl adjacent to an activating group) is 1. The summed E-state index contributed by atoms with van der Waals surface area (Å²) in [6, 6.07) is 9.99. The molecule has 0 atom stereocenters. The summed E-state index contributed by atoms with van der Waals surface area (Å²) in [5, 5.41) is 0. The second-order valence-electron chi connectivity index (χ2n) is 4.28. The van der Waals surface area contributed by atoms with E-state index in [0.29, 0.717) is 12.5 Å². The maximum absolute atomic E-state index is 11.7. The highest BCUT2D eigenvalue weighted by Crippen LogP contribution is 2.03. The first-order valence-electron chi connectivity index (χ1n) is 6.57. The number of hydrogen-bond acceptors (Lipinski definition) is 1. The predicted octanol–water partition coefficient (Wildman–Crippen LogP) is 3.88. The van der Waals surface area contributed by atoms with Crippen molar-refractivity contribution in [3.63, 3.8) is 0 Å². The Morgan fingerprint density at radius 1 is 1.22 bits per heavy atom. The monoisotopic (exact) mass is 247 g/mol. The smallest absolute Gasteiger partial charge is 0.246 e. The Morgan fingerprint density at radius 3 is 2.28 bits per heavy atom. The minimum absolute atomic E-state index is 0.0533. The van der Waals surface area contributed by atoms with E-state index >= 15 is 0 Å². The summed E-state index contributed by atoms with van der Waals surface area (Å²) in [4.78, 5) is 13.4. The minimum Gasteiger partial charge on any atom is -0.338 e. The van der Waals surface area contributed by atoms with Gasteiger partial charge in [-0.2, -0.15) is 0 Å². The number of allylic oxidation sites excluding steroid dienone is 1. The van der Waals surface area contributed by atoms with Crippen LogP contribution in [0.25, 0.3) is 0 Å². The van der Waals surface area contributed by atoms with Gasteiger partial charge in [0.05, 0.1) is 0 Å². The van der Waals surface area contributed by atoms with Gasteiger partial charge in [-0.1, -0.05) is 64.1 Å². The van der Waals surface area contributed by atoms with Gasteiger partial charge in [-0.25, -0.2) is 0 Å². The van der Waals surface area contributed by atoms with Crippen LogP contribution in [0.15, 0.2) is 42.5 Å². The first-order chi connectivity index (χ1) is 8.59. The zero-order valence-electron chi connectivity index (χ0n) is 12.2. The maximum atomic E-state index is 11.7. The number of nitrogens with zero attached hydrogens (tertiary/aromatic N) is 1. The van der Waals surface area contributed by atoms with Gasteiger partial charge in [-0.05, 0) is 17.6 Å². The van der Waals surface area contributed by atoms with Gasteiger partial charge in [0.15, 0.2) is 0 Å². The van der Waals surface area contributed by atoms with Crippen LogP contribution in [0.5, 0.6) is 0 Å². The van der Waals surface area contributed by atoms with Crippen LogP contribution < -0.4 is 0 Å². The van der Waals surface area contributed by atoms with Gasteiger partial charge >= 0.3 is 0 Å². The minimum atomic E-state index is 0.0533. The van der Waals surface area contributed by atoms with Crippen molar-refractivity contribution in [3.05, 3.63) is 48.0 Å². The number of benzene rings is 1. The number of carbonyl (C=O) groups excluding carboxylic acids is 1. The molecule has 0 N–H and O–H groups in total. The molecule has 0 aliphatic carbocycles. The molecule has 1 aromatic carbocycles. The highest BCUT2D eigenvalue weighted by molar-refractivity contribution is 5.87. The first kappa shape index (κ1) is 16.4. The zero-order valence-corrected chi connectivity index (χ0v) is 12.2. The van der Waals surface area contributed by atoms with Gasteiger partial charge in [0.2, 0.25) is 5.91 Å². The second-order valence-corrected chi connectivity index (χ2v) is 4.28. The Morgan fingerprint density at radius 2 is 1.78 bits per heavy atom. The average Bonchev–Trinajstić information content (AvgIpc) is 2.39. The van der Waals surface area contributed by atoms with Crippen molar-refractivity contribution in [2.75, 3.05) is 7.05 Å². The lowest BCUT2D eigenvalue weighted by Gasteiger charge is -2.15. The van der Waals surface area contributed by atoms with Crippen molar-refractivity contribution in [3.8, 4) is 0 Å². The van der Waals surface area contributed by atoms with Crippen LogP contribution in [0.4, 0.5) is 0 Å². The van der Waals surface area contributed by atoms with E-state index in [1.54, 1.807) is 11.0 Å². The highest BCUT2D eigenvalue weighted by atomic mass is 16.2. The summed E-state index contributed by atoms with van der Waals surface area (Å²) in [6.45, 7) is 8.77. The van der Waals surface area contributed by atoms with E-state index in [0.717, 1.165) is 5.56 Å². The molecule has 0 unspecified atom stereocenters. The standard InChI is InChI=1S/C14H19NO.C2H6/c1-12(2)9-10-14(16)15(3)11-13-7-5-4-6-8-13;1-2/h4-10,12H,11H2,1-3H3;1-2H3/b10-9+;. The Kier molecular flexibility index (Phi) is 8.63. The lowest BCUT2D eigenvalue weighted by atomic mass is 10.2. The van der Waals surface area contributed by atoms with Gasteiger partial charge in [-0.3, -0.25) is 4.79 Å². The lowest BCUT2D eigenvalue weighted by Crippen LogP contribution is -2.24. The molecule has 0 bridgehead atoms. The van der Waals surface area contributed by atoms with Crippen molar-refractivity contribution in [1.29, 1.82) is 0 Å². The molecule has 1 aromatic rings. The quantitative estimate of drug-likeness (QED) is 0.739. The van der Waals surface area contributed by atoms with E-state index in [4.69, 9.17) is 0 Å². The van der Waals surface area contributed by atoms with E-state index in [9.17, 15) is 4.79 Å². The largest absolute Gasteiger partial charge is 0.338 e. The van der Waals surface area contributed by atoms with E-state index in [2.05, 4.69) is 13.8 Å². The molecule has 0 saturated heterocycles. The SMILES string of the molecule is CC.CC(C)/C=C/C(=O)N(C)Cc1ccccc1. The van der Waals surface area contributed by atoms with E-state index in [1.807, 2.05) is 57.3 Å². The van der Waals surface area contributed by atoms with Crippen LogP contribution in [0.1, 0.15) is 33.3 Å². The first-order valence-corrected chi connectivity index (χ1v) is 6.57. The number of rotatable bonds is 4. The van der Waals surface area contributed by atoms with Crippen LogP contribution >= 0.6 is 0 Å². The van der Waals surface area contributed by atoms with Crippen LogP contribution in [0.3, 0.4) is 0 Å². The molecule has 0 fully saturated rings. The van der Waals surface area contributed by atoms with Gasteiger partial charge < -0.3 is 4.90 Å². The van der Waals surface area contributed by atoms with Crippen LogP contribution in [0, 0.1) is 5.92 Å². The van der Waals surface area contributed by atoms with Crippen molar-refractivity contribution < 1.29 is 4.79 Å². The Bertz CT molecular complexity index is 355. The molecule has 0 saturated carbocycles. The second kappa shape index (κ2) is 9.46. The molecule has 0 aromatic heterocycles. The van der Waals surface area contributed by atoms with E-state index in [1.165, 1.54) is 0 Å². The molecule has 0 heterocycles. The normalized spacial score (nSPS) is 10.1. The molecule has 0 radical (unpaired) electrons. The van der Waals surface area contributed by atoms with Gasteiger partial charge in [-0.15, -0.1) is 0 Å². The van der Waals surface area contributed by atoms with Crippen LogP contribution in [0.2, 0.25) is 0 Å². The highest BCUT2D eigenvalue weighted by Gasteiger charge is 2.05. The third kappa shape index (κ3) is 6.89. The number of carbonyl (C=O) groups is 1. The van der Waals surface area contributed by atoms with Crippen molar-refractivity contribution in [2.24, 2.45) is 5.92 Å². The summed E-state index contributed by atoms with van der Waals surface area (Å²) >= 11 is 0. The molecule has 0 spiro atoms. The summed E-state index contributed by atoms with van der Waals surface area (Å²) < 4.78 is 0. The van der Waals surface area contributed by atoms with E-state index in [-0.39, 0.29) is 5.91 Å². The van der Waals surface area contributed by atoms with Crippen molar-refractivity contribution in [2.45, 2.75) is 34.2 Å². The molecule has 0 aliphatic rings. The Balaban J connectivity index is 0.00000137. The molecule has 18 heavy (non-hydrogen) atoms. The Labute approximate surface area is 111 Å². The van der Waals surface area contributed by atoms with Gasteiger partial charge in [0.25, 0.3) is 0 Å². The van der Waals surface area contributed by atoms with Crippen LogP contribution in [-0.2, 0) is 11.3 Å². The van der Waals surface area contributed by atoms with Crippen molar-refractivity contribution >= 4 is 5.91 Å². The summed E-state index contributed by atoms with van der Waals surface area (Å²) in [6.07, 6.45) is 3.57. The summed E-state index contributed by atoms with van der Waals surface area (Å²) in [5.41, 5.74) is 1.15. The van der Waals surface area contributed by atoms with Crippen LogP contribution in [-0.4, -0.2) is 17.9 Å². The maximum Gasteiger partial charge on any atom is 0.246 e. The third-order valence-electron chi connectivity index (χ3n) is 2.26. The predicted molar refractivity (Wildman–Crippen MR) is 78.2 cm³/mol. The molecule has 0 aliphatic heterocycles. The summed E-state index contributed by atoms with van der Waals surface area (Å²) in [5.74, 6) is 0.464. The zero-order chi connectivity index (χ0) is 14.0. The summed E-state index contributed by atoms with van der Waals surface area (Å²) in [7, 11) is 1.82. The Hall–Kier alpha value is -1.57. The molecule has 2 nitrogen and oxygen atoms in total. The molecule has 100 valence electrons. The average molecular weight is 247 g/mol. The van der Waals surface area contributed by atoms with E-state index < -0.39 is 0 Å². The van der Waals surface area contributed by atoms with Gasteiger partial charge in [0.1, 0.15) is 0 Å². The fourth-order valence-electron chi connectivity index (χ4n) is 1.34. The third-order valence-corrected chi connectivity index (χ3v) is 2.26. The molecule has 1 rings (SSSR count). The fourth-order valence-corrected chi connectivity index (χ4v) is 1.34. The topological polar surface area (TPSA) is 20.3 Å².